The van der Waals surface area contributed by atoms with Crippen LogP contribution in [0.3, 0.4) is 0 Å². The molecule has 0 aromatic heterocycles. The lowest BCUT2D eigenvalue weighted by molar-refractivity contribution is -0.134. The van der Waals surface area contributed by atoms with E-state index in [1.165, 1.54) is 6.42 Å². The van der Waals surface area contributed by atoms with Gasteiger partial charge in [0.15, 0.2) is 0 Å². The molecule has 1 fully saturated rings. The van der Waals surface area contributed by atoms with E-state index in [4.69, 9.17) is 5.73 Å². The van der Waals surface area contributed by atoms with Gasteiger partial charge in [0, 0.05) is 25.6 Å². The second-order valence-corrected chi connectivity index (χ2v) is 3.33. The van der Waals surface area contributed by atoms with Crippen LogP contribution in [0.5, 0.6) is 0 Å². The molecule has 0 aromatic carbocycles. The van der Waals surface area contributed by atoms with Crippen molar-refractivity contribution in [3.05, 3.63) is 0 Å². The van der Waals surface area contributed by atoms with Crippen molar-refractivity contribution >= 4 is 5.91 Å². The van der Waals surface area contributed by atoms with Crippen LogP contribution in [-0.4, -0.2) is 29.9 Å². The third-order valence-electron chi connectivity index (χ3n) is 2.52. The summed E-state index contributed by atoms with van der Waals surface area (Å²) in [5.41, 5.74) is 5.59. The fourth-order valence-electron chi connectivity index (χ4n) is 1.78. The molecule has 0 radical (unpaired) electrons. The molecule has 14 heavy (non-hydrogen) atoms. The molecule has 1 saturated heterocycles. The van der Waals surface area contributed by atoms with Gasteiger partial charge in [-0.2, -0.15) is 0 Å². The Morgan fingerprint density at radius 3 is 2.57 bits per heavy atom. The third-order valence-corrected chi connectivity index (χ3v) is 2.52. The maximum absolute atomic E-state index is 11.4. The molecular weight excluding hydrogens is 176 g/mol. The Bertz CT molecular complexity index is 159. The zero-order chi connectivity index (χ0) is 11.0. The Morgan fingerprint density at radius 2 is 2.07 bits per heavy atom. The first kappa shape index (κ1) is 13.4. The normalized spacial score (nSPS) is 21.1. The van der Waals surface area contributed by atoms with Crippen LogP contribution in [0, 0.1) is 0 Å². The van der Waals surface area contributed by atoms with Crippen LogP contribution in [-0.2, 0) is 4.79 Å². The molecule has 0 aliphatic carbocycles. The number of carbonyl (C=O) groups is 1. The van der Waals surface area contributed by atoms with Crippen LogP contribution in [0.1, 0.15) is 46.5 Å². The van der Waals surface area contributed by atoms with Crippen LogP contribution in [0.2, 0.25) is 0 Å². The minimum atomic E-state index is 0.255. The highest BCUT2D eigenvalue weighted by Gasteiger charge is 2.23. The molecule has 0 saturated carbocycles. The van der Waals surface area contributed by atoms with Crippen LogP contribution in [0.4, 0.5) is 0 Å². The fourth-order valence-corrected chi connectivity index (χ4v) is 1.78. The number of piperidine rings is 1. The van der Waals surface area contributed by atoms with Crippen molar-refractivity contribution in [2.45, 2.75) is 52.5 Å². The van der Waals surface area contributed by atoms with Gasteiger partial charge in [0.25, 0.3) is 0 Å². The van der Waals surface area contributed by atoms with Gasteiger partial charge in [0.2, 0.25) is 5.91 Å². The van der Waals surface area contributed by atoms with E-state index < -0.39 is 0 Å². The number of rotatable bonds is 2. The zero-order valence-corrected chi connectivity index (χ0v) is 9.75. The third kappa shape index (κ3) is 3.66. The van der Waals surface area contributed by atoms with Gasteiger partial charge < -0.3 is 10.6 Å². The smallest absolute Gasteiger partial charge is 0.222 e. The summed E-state index contributed by atoms with van der Waals surface area (Å²) in [6, 6.07) is 0.311. The van der Waals surface area contributed by atoms with E-state index >= 15 is 0 Å². The predicted molar refractivity (Wildman–Crippen MR) is 60.0 cm³/mol. The summed E-state index contributed by atoms with van der Waals surface area (Å²) in [6.45, 7) is 7.44. The highest BCUT2D eigenvalue weighted by molar-refractivity contribution is 5.76. The SMILES string of the molecule is CC.CCC(=O)N1CCCCC1CN. The maximum Gasteiger partial charge on any atom is 0.222 e. The Balaban J connectivity index is 0.000000791. The van der Waals surface area contributed by atoms with Crippen molar-refractivity contribution in [2.75, 3.05) is 13.1 Å². The molecule has 3 nitrogen and oxygen atoms in total. The molecule has 0 aromatic rings. The summed E-state index contributed by atoms with van der Waals surface area (Å²) in [4.78, 5) is 13.4. The lowest BCUT2D eigenvalue weighted by Gasteiger charge is -2.34. The van der Waals surface area contributed by atoms with Gasteiger partial charge in [-0.15, -0.1) is 0 Å². The molecule has 1 atom stereocenters. The summed E-state index contributed by atoms with van der Waals surface area (Å²) >= 11 is 0. The van der Waals surface area contributed by atoms with E-state index in [9.17, 15) is 4.79 Å². The van der Waals surface area contributed by atoms with Crippen LogP contribution in [0.25, 0.3) is 0 Å². The molecule has 1 unspecified atom stereocenters. The van der Waals surface area contributed by atoms with Crippen molar-refractivity contribution in [3.63, 3.8) is 0 Å². The quantitative estimate of drug-likeness (QED) is 0.738. The van der Waals surface area contributed by atoms with Crippen molar-refractivity contribution in [1.29, 1.82) is 0 Å². The molecule has 1 aliphatic heterocycles. The van der Waals surface area contributed by atoms with E-state index in [-0.39, 0.29) is 5.91 Å². The van der Waals surface area contributed by atoms with Gasteiger partial charge in [-0.3, -0.25) is 4.79 Å². The van der Waals surface area contributed by atoms with E-state index in [2.05, 4.69) is 0 Å². The minimum absolute atomic E-state index is 0.255. The Labute approximate surface area is 87.6 Å². The Kier molecular flexibility index (Phi) is 7.48. The molecule has 84 valence electrons. The molecule has 1 rings (SSSR count). The largest absolute Gasteiger partial charge is 0.338 e. The van der Waals surface area contributed by atoms with Gasteiger partial charge in [-0.1, -0.05) is 20.8 Å². The Morgan fingerprint density at radius 1 is 1.43 bits per heavy atom. The van der Waals surface area contributed by atoms with Crippen LogP contribution >= 0.6 is 0 Å². The van der Waals surface area contributed by atoms with E-state index in [0.717, 1.165) is 19.4 Å². The van der Waals surface area contributed by atoms with Gasteiger partial charge in [-0.25, -0.2) is 0 Å². The van der Waals surface area contributed by atoms with Gasteiger partial charge >= 0.3 is 0 Å². The molecule has 0 spiro atoms. The molecule has 1 amide bonds. The lowest BCUT2D eigenvalue weighted by atomic mass is 10.0. The first-order chi connectivity index (χ1) is 6.79. The average molecular weight is 200 g/mol. The summed E-state index contributed by atoms with van der Waals surface area (Å²) in [7, 11) is 0. The molecular formula is C11H24N2O. The molecule has 3 heteroatoms. The van der Waals surface area contributed by atoms with Gasteiger partial charge in [0.05, 0.1) is 0 Å². The molecule has 1 aliphatic rings. The zero-order valence-electron chi connectivity index (χ0n) is 9.75. The Hall–Kier alpha value is -0.570. The van der Waals surface area contributed by atoms with Crippen LogP contribution in [0.15, 0.2) is 0 Å². The second kappa shape index (κ2) is 7.80. The van der Waals surface area contributed by atoms with E-state index in [0.29, 0.717) is 19.0 Å². The van der Waals surface area contributed by atoms with Gasteiger partial charge in [0.1, 0.15) is 0 Å². The monoisotopic (exact) mass is 200 g/mol. The second-order valence-electron chi connectivity index (χ2n) is 3.33. The number of nitrogens with zero attached hydrogens (tertiary/aromatic N) is 1. The van der Waals surface area contributed by atoms with Crippen molar-refractivity contribution in [2.24, 2.45) is 5.73 Å². The number of amides is 1. The first-order valence-corrected chi connectivity index (χ1v) is 5.79. The summed E-state index contributed by atoms with van der Waals surface area (Å²) in [6.07, 6.45) is 4.05. The fraction of sp³-hybridized carbons (Fsp3) is 0.909. The van der Waals surface area contributed by atoms with Crippen molar-refractivity contribution in [1.82, 2.24) is 4.90 Å². The number of hydrogen-bond donors (Lipinski definition) is 1. The molecule has 1 heterocycles. The highest BCUT2D eigenvalue weighted by atomic mass is 16.2. The number of nitrogens with two attached hydrogens (primary N) is 1. The summed E-state index contributed by atoms with van der Waals surface area (Å²) < 4.78 is 0. The lowest BCUT2D eigenvalue weighted by Crippen LogP contribution is -2.47. The minimum Gasteiger partial charge on any atom is -0.338 e. The summed E-state index contributed by atoms with van der Waals surface area (Å²) in [5, 5.41) is 0. The maximum atomic E-state index is 11.4. The average Bonchev–Trinajstić information content (AvgIpc) is 2.30. The van der Waals surface area contributed by atoms with Crippen molar-refractivity contribution < 1.29 is 4.79 Å². The van der Waals surface area contributed by atoms with Crippen LogP contribution < -0.4 is 5.73 Å². The number of carbonyl (C=O) groups excluding carboxylic acids is 1. The number of hydrogen-bond acceptors (Lipinski definition) is 2. The standard InChI is InChI=1S/C9H18N2O.C2H6/c1-2-9(12)11-6-4-3-5-8(11)7-10;1-2/h8H,2-7,10H2,1H3;1-2H3. The highest BCUT2D eigenvalue weighted by Crippen LogP contribution is 2.16. The topological polar surface area (TPSA) is 46.3 Å². The molecule has 0 bridgehead atoms. The van der Waals surface area contributed by atoms with E-state index in [1.54, 1.807) is 0 Å². The predicted octanol–water partition coefficient (Wildman–Crippen LogP) is 1.76. The summed E-state index contributed by atoms with van der Waals surface area (Å²) in [5.74, 6) is 0.255. The number of likely N-dealkylation sites (tertiary alicyclic amines) is 1. The van der Waals surface area contributed by atoms with E-state index in [1.807, 2.05) is 25.7 Å². The first-order valence-electron chi connectivity index (χ1n) is 5.79. The van der Waals surface area contributed by atoms with Gasteiger partial charge in [-0.05, 0) is 19.3 Å². The molecule has 2 N–H and O–H groups in total. The van der Waals surface area contributed by atoms with Crippen molar-refractivity contribution in [3.8, 4) is 0 Å².